The number of benzene rings is 1. The molecular weight excluding hydrogens is 543 g/mol. The summed E-state index contributed by atoms with van der Waals surface area (Å²) in [4.78, 5) is 27.7. The van der Waals surface area contributed by atoms with Crippen LogP contribution in [0.2, 0.25) is 0 Å². The van der Waals surface area contributed by atoms with Crippen LogP contribution in [-0.4, -0.2) is 55.9 Å². The zero-order valence-corrected chi connectivity index (χ0v) is 24.1. The number of carbonyl (C=O) groups is 2. The lowest BCUT2D eigenvalue weighted by atomic mass is 9.82. The number of piperazine rings is 1. The molecule has 1 saturated heterocycles. The Labute approximate surface area is 232 Å². The summed E-state index contributed by atoms with van der Waals surface area (Å²) >= 11 is 1.01. The molecule has 0 radical (unpaired) electrons. The average molecular weight is 577 g/mol. The van der Waals surface area contributed by atoms with Crippen molar-refractivity contribution in [2.24, 2.45) is 11.3 Å². The van der Waals surface area contributed by atoms with Crippen LogP contribution in [0.3, 0.4) is 0 Å². The maximum absolute atomic E-state index is 14.4. The lowest BCUT2D eigenvalue weighted by molar-refractivity contribution is -0.121. The van der Waals surface area contributed by atoms with Crippen molar-refractivity contribution in [2.45, 2.75) is 63.8 Å². The molecule has 1 saturated carbocycles. The van der Waals surface area contributed by atoms with Gasteiger partial charge < -0.3 is 14.7 Å². The number of rotatable bonds is 6. The highest BCUT2D eigenvalue weighted by molar-refractivity contribution is 7.89. The van der Waals surface area contributed by atoms with Crippen molar-refractivity contribution in [3.63, 3.8) is 0 Å². The fraction of sp³-hybridized carbons (Fsp3) is 0.500. The van der Waals surface area contributed by atoms with Crippen LogP contribution in [0.15, 0.2) is 29.2 Å². The van der Waals surface area contributed by atoms with E-state index >= 15 is 0 Å². The third kappa shape index (κ3) is 6.29. The quantitative estimate of drug-likeness (QED) is 0.487. The second kappa shape index (κ2) is 11.3. The normalized spacial score (nSPS) is 19.5. The Morgan fingerprint density at radius 1 is 1.18 bits per heavy atom. The molecular formula is C28H33FN2O6S2. The van der Waals surface area contributed by atoms with E-state index in [0.29, 0.717) is 4.88 Å². The van der Waals surface area contributed by atoms with E-state index in [9.17, 15) is 27.5 Å². The highest BCUT2D eigenvalue weighted by atomic mass is 32.2. The number of amides is 1. The monoisotopic (exact) mass is 576 g/mol. The minimum Gasteiger partial charge on any atom is -0.494 e. The average Bonchev–Trinajstić information content (AvgIpc) is 3.31. The van der Waals surface area contributed by atoms with E-state index in [0.717, 1.165) is 53.8 Å². The number of methoxy groups -OCH3 is 1. The van der Waals surface area contributed by atoms with E-state index in [1.165, 1.54) is 24.1 Å². The van der Waals surface area contributed by atoms with E-state index in [1.807, 2.05) is 20.8 Å². The third-order valence-corrected chi connectivity index (χ3v) is 9.82. The van der Waals surface area contributed by atoms with Crippen LogP contribution in [-0.2, 0) is 14.8 Å². The van der Waals surface area contributed by atoms with E-state index in [4.69, 9.17) is 4.74 Å². The number of hydrogen-bond acceptors (Lipinski definition) is 6. The van der Waals surface area contributed by atoms with E-state index in [2.05, 4.69) is 11.8 Å². The Balaban J connectivity index is 1.75. The Kier molecular flexibility index (Phi) is 8.40. The van der Waals surface area contributed by atoms with Gasteiger partial charge in [-0.1, -0.05) is 31.1 Å². The Morgan fingerprint density at radius 3 is 2.46 bits per heavy atom. The summed E-state index contributed by atoms with van der Waals surface area (Å²) in [5, 5.41) is 9.99. The van der Waals surface area contributed by atoms with Crippen LogP contribution in [0.4, 0.5) is 10.1 Å². The van der Waals surface area contributed by atoms with Gasteiger partial charge in [0.05, 0.1) is 35.2 Å². The predicted molar refractivity (Wildman–Crippen MR) is 147 cm³/mol. The predicted octanol–water partition coefficient (Wildman–Crippen LogP) is 4.98. The first-order chi connectivity index (χ1) is 18.3. The molecule has 0 unspecified atom stereocenters. The summed E-state index contributed by atoms with van der Waals surface area (Å²) in [6.45, 7) is 5.33. The molecule has 1 aliphatic carbocycles. The number of anilines is 1. The molecule has 1 aromatic heterocycles. The third-order valence-electron chi connectivity index (χ3n) is 6.98. The molecule has 0 bridgehead atoms. The number of carboxylic acids is 1. The molecule has 1 atom stereocenters. The molecule has 210 valence electrons. The Morgan fingerprint density at radius 2 is 1.87 bits per heavy atom. The second-order valence-electron chi connectivity index (χ2n) is 11.0. The number of ether oxygens (including phenoxy) is 1. The van der Waals surface area contributed by atoms with E-state index < -0.39 is 40.3 Å². The Hall–Kier alpha value is -2.94. The molecule has 2 aliphatic rings. The van der Waals surface area contributed by atoms with Gasteiger partial charge in [0.2, 0.25) is 15.9 Å². The maximum Gasteiger partial charge on any atom is 0.348 e. The van der Waals surface area contributed by atoms with Gasteiger partial charge in [0.25, 0.3) is 0 Å². The van der Waals surface area contributed by atoms with Gasteiger partial charge in [-0.15, -0.1) is 11.3 Å². The number of hydrogen-bond donors (Lipinski definition) is 1. The summed E-state index contributed by atoms with van der Waals surface area (Å²) in [6.07, 6.45) is 4.52. The van der Waals surface area contributed by atoms with Crippen molar-refractivity contribution in [3.8, 4) is 17.6 Å². The van der Waals surface area contributed by atoms with Crippen LogP contribution >= 0.6 is 11.3 Å². The molecule has 2 fully saturated rings. The number of aromatic carboxylic acids is 1. The summed E-state index contributed by atoms with van der Waals surface area (Å²) in [6, 6.07) is 4.45. The SMILES string of the molecule is COc1ccc(S(=O)(=O)N2CC(=O)N(c3cc(C#CC(C)(C)C)sc3C(=O)O)[C@H](C3CCCCC3)C2)cc1F. The van der Waals surface area contributed by atoms with Crippen molar-refractivity contribution in [1.82, 2.24) is 4.31 Å². The van der Waals surface area contributed by atoms with Crippen molar-refractivity contribution in [1.29, 1.82) is 0 Å². The highest BCUT2D eigenvalue weighted by Gasteiger charge is 2.44. The standard InChI is InChI=1S/C28H33FN2O6S2/c1-28(2,3)13-12-19-14-22(26(38-19)27(33)34)31-23(18-8-6-5-7-9-18)16-30(17-25(31)32)39(35,36)20-10-11-24(37-4)21(29)15-20/h10-11,14-15,18,23H,5-9,16-17H2,1-4H3,(H,33,34)/t23-/m0/s1. The molecule has 1 amide bonds. The largest absolute Gasteiger partial charge is 0.494 e. The van der Waals surface area contributed by atoms with Crippen molar-refractivity contribution >= 4 is 38.9 Å². The minimum atomic E-state index is -4.21. The number of thiophene rings is 1. The fourth-order valence-electron chi connectivity index (χ4n) is 5.12. The number of sulfonamides is 1. The van der Waals surface area contributed by atoms with Crippen LogP contribution < -0.4 is 9.64 Å². The first-order valence-electron chi connectivity index (χ1n) is 12.9. The number of nitrogens with zero attached hydrogens (tertiary/aromatic N) is 2. The van der Waals surface area contributed by atoms with Crippen LogP contribution in [0.25, 0.3) is 0 Å². The molecule has 1 aromatic carbocycles. The second-order valence-corrected chi connectivity index (χ2v) is 13.9. The molecule has 11 heteroatoms. The van der Waals surface area contributed by atoms with Gasteiger partial charge in [-0.25, -0.2) is 17.6 Å². The van der Waals surface area contributed by atoms with Gasteiger partial charge in [0.15, 0.2) is 11.6 Å². The first-order valence-corrected chi connectivity index (χ1v) is 15.1. The molecule has 0 spiro atoms. The lowest BCUT2D eigenvalue weighted by Gasteiger charge is -2.44. The van der Waals surface area contributed by atoms with Gasteiger partial charge in [0.1, 0.15) is 4.88 Å². The van der Waals surface area contributed by atoms with Crippen LogP contribution in [0.5, 0.6) is 5.75 Å². The van der Waals surface area contributed by atoms with Gasteiger partial charge in [-0.05, 0) is 63.8 Å². The molecule has 4 rings (SSSR count). The fourth-order valence-corrected chi connectivity index (χ4v) is 7.38. The summed E-state index contributed by atoms with van der Waals surface area (Å²) in [5.74, 6) is 3.52. The molecule has 1 N–H and O–H groups in total. The summed E-state index contributed by atoms with van der Waals surface area (Å²) in [5.41, 5.74) is -0.0478. The van der Waals surface area contributed by atoms with Crippen molar-refractivity contribution < 1.29 is 32.2 Å². The highest BCUT2D eigenvalue weighted by Crippen LogP contribution is 2.39. The lowest BCUT2D eigenvalue weighted by Crippen LogP contribution is -2.60. The van der Waals surface area contributed by atoms with Crippen LogP contribution in [0, 0.1) is 29.0 Å². The number of carbonyl (C=O) groups excluding carboxylic acids is 1. The van der Waals surface area contributed by atoms with Crippen molar-refractivity contribution in [3.05, 3.63) is 39.8 Å². The summed E-state index contributed by atoms with van der Waals surface area (Å²) < 4.78 is 47.5. The zero-order valence-electron chi connectivity index (χ0n) is 22.5. The zero-order chi connectivity index (χ0) is 28.5. The van der Waals surface area contributed by atoms with Crippen molar-refractivity contribution in [2.75, 3.05) is 25.1 Å². The van der Waals surface area contributed by atoms with E-state index in [1.54, 1.807) is 6.07 Å². The molecule has 8 nitrogen and oxygen atoms in total. The molecule has 39 heavy (non-hydrogen) atoms. The molecule has 1 aliphatic heterocycles. The van der Waals surface area contributed by atoms with Gasteiger partial charge in [-0.3, -0.25) is 4.79 Å². The maximum atomic E-state index is 14.4. The van der Waals surface area contributed by atoms with Gasteiger partial charge >= 0.3 is 5.97 Å². The first kappa shape index (κ1) is 29.1. The number of halogens is 1. The van der Waals surface area contributed by atoms with Gasteiger partial charge in [0, 0.05) is 12.0 Å². The summed E-state index contributed by atoms with van der Waals surface area (Å²) in [7, 11) is -2.92. The van der Waals surface area contributed by atoms with Gasteiger partial charge in [-0.2, -0.15) is 4.31 Å². The minimum absolute atomic E-state index is 0.00380. The van der Waals surface area contributed by atoms with E-state index in [-0.39, 0.29) is 39.1 Å². The smallest absolute Gasteiger partial charge is 0.348 e. The number of carboxylic acid groups (broad SMARTS) is 1. The molecule has 2 aromatic rings. The van der Waals surface area contributed by atoms with Crippen LogP contribution in [0.1, 0.15) is 67.4 Å². The topological polar surface area (TPSA) is 104 Å². The Bertz CT molecular complexity index is 1430. The molecule has 2 heterocycles.